The van der Waals surface area contributed by atoms with Gasteiger partial charge in [-0.2, -0.15) is 0 Å². The fourth-order valence-corrected chi connectivity index (χ4v) is 9.45. The second kappa shape index (κ2) is 14.6. The lowest BCUT2D eigenvalue weighted by molar-refractivity contribution is 0.0982. The first-order chi connectivity index (χ1) is 23.1. The van der Waals surface area contributed by atoms with Crippen molar-refractivity contribution >= 4 is 45.8 Å². The quantitative estimate of drug-likeness (QED) is 0.264. The molecule has 2 N–H and O–H groups in total. The van der Waals surface area contributed by atoms with E-state index in [4.69, 9.17) is 33.0 Å². The van der Waals surface area contributed by atoms with Gasteiger partial charge < -0.3 is 19.3 Å². The zero-order valence-corrected chi connectivity index (χ0v) is 30.5. The zero-order chi connectivity index (χ0) is 34.2. The molecular formula is C37H46Cl2N4O4S. The van der Waals surface area contributed by atoms with Crippen LogP contribution in [0.5, 0.6) is 5.75 Å². The lowest BCUT2D eigenvalue weighted by atomic mass is 9.65. The topological polar surface area (TPSA) is 96.7 Å². The maximum atomic E-state index is 13.5. The Bertz CT molecular complexity index is 1710. The Hall–Kier alpha value is -2.85. The third kappa shape index (κ3) is 6.68. The van der Waals surface area contributed by atoms with Crippen molar-refractivity contribution in [3.05, 3.63) is 87.4 Å². The van der Waals surface area contributed by atoms with Crippen molar-refractivity contribution < 1.29 is 18.8 Å². The highest BCUT2D eigenvalue weighted by Gasteiger charge is 2.45. The van der Waals surface area contributed by atoms with Gasteiger partial charge in [-0.05, 0) is 116 Å². The largest absolute Gasteiger partial charge is 0.490 e. The highest BCUT2D eigenvalue weighted by molar-refractivity contribution is 7.84. The van der Waals surface area contributed by atoms with Crippen molar-refractivity contribution in [1.29, 1.82) is 0 Å². The van der Waals surface area contributed by atoms with Gasteiger partial charge in [-0.15, -0.1) is 0 Å². The Morgan fingerprint density at radius 2 is 1.94 bits per heavy atom. The van der Waals surface area contributed by atoms with Crippen LogP contribution < -0.4 is 14.4 Å². The van der Waals surface area contributed by atoms with Crippen LogP contribution in [0.25, 0.3) is 0 Å². The van der Waals surface area contributed by atoms with Crippen molar-refractivity contribution in [3.63, 3.8) is 0 Å². The van der Waals surface area contributed by atoms with E-state index in [9.17, 15) is 9.00 Å². The monoisotopic (exact) mass is 712 g/mol. The number of ether oxygens (including phenoxy) is 1. The molecule has 4 aliphatic rings. The van der Waals surface area contributed by atoms with Gasteiger partial charge in [0.25, 0.3) is 5.91 Å². The number of carbonyl (C=O) groups is 1. The Labute approximate surface area is 296 Å². The number of rotatable bonds is 1. The fraction of sp³-hybridized carbons (Fsp3) is 0.514. The van der Waals surface area contributed by atoms with Crippen molar-refractivity contribution in [2.45, 2.75) is 69.0 Å². The number of aromatic nitrogens is 2. The van der Waals surface area contributed by atoms with Gasteiger partial charge in [0.2, 0.25) is 5.28 Å². The van der Waals surface area contributed by atoms with Crippen LogP contribution in [-0.2, 0) is 29.9 Å². The van der Waals surface area contributed by atoms with Gasteiger partial charge in [0, 0.05) is 54.9 Å². The molecule has 0 radical (unpaired) electrons. The maximum absolute atomic E-state index is 13.5. The first kappa shape index (κ1) is 35.0. The molecule has 1 spiro atoms. The van der Waals surface area contributed by atoms with Gasteiger partial charge in [0.1, 0.15) is 16.7 Å². The third-order valence-corrected chi connectivity index (χ3v) is 13.3. The number of aliphatic hydroxyl groups is 1. The van der Waals surface area contributed by atoms with Gasteiger partial charge in [0.05, 0.1) is 23.7 Å². The number of carbonyl (C=O) groups excluding carboxylic acids is 1. The number of aryl methyl sites for hydroxylation is 1. The molecule has 2 aliphatic heterocycles. The summed E-state index contributed by atoms with van der Waals surface area (Å²) in [6.07, 6.45) is 12.6. The number of amides is 1. The summed E-state index contributed by atoms with van der Waals surface area (Å²) in [4.78, 5) is 20.4. The number of aliphatic hydroxyl groups excluding tert-OH is 1. The number of hydrogen-bond donors (Lipinski definition) is 2. The van der Waals surface area contributed by atoms with Crippen LogP contribution in [0, 0.1) is 17.8 Å². The molecule has 3 aromatic rings. The highest BCUT2D eigenvalue weighted by atomic mass is 35.5. The smallest absolute Gasteiger partial charge is 0.263 e. The number of fused-ring (bicyclic) bond motifs is 4. The molecule has 7 rings (SSSR count). The van der Waals surface area contributed by atoms with Crippen LogP contribution in [-0.4, -0.2) is 56.8 Å². The summed E-state index contributed by atoms with van der Waals surface area (Å²) in [5, 5.41) is 8.04. The molecule has 11 heteroatoms. The number of anilines is 1. The van der Waals surface area contributed by atoms with E-state index < -0.39 is 11.0 Å². The van der Waals surface area contributed by atoms with E-state index in [-0.39, 0.29) is 28.4 Å². The van der Waals surface area contributed by atoms with E-state index in [1.807, 2.05) is 42.9 Å². The zero-order valence-electron chi connectivity index (χ0n) is 28.1. The second-order valence-electron chi connectivity index (χ2n) is 13.9. The van der Waals surface area contributed by atoms with Gasteiger partial charge >= 0.3 is 0 Å². The van der Waals surface area contributed by atoms with Gasteiger partial charge in [-0.3, -0.25) is 9.52 Å². The summed E-state index contributed by atoms with van der Waals surface area (Å²) in [6.45, 7) is 6.21. The van der Waals surface area contributed by atoms with Crippen LogP contribution in [0.2, 0.25) is 10.3 Å². The molecule has 1 amide bonds. The molecular weight excluding hydrogens is 667 g/mol. The Kier molecular flexibility index (Phi) is 10.6. The van der Waals surface area contributed by atoms with Gasteiger partial charge in [0.15, 0.2) is 0 Å². The molecule has 2 bridgehead atoms. The summed E-state index contributed by atoms with van der Waals surface area (Å²) < 4.78 is 24.8. The van der Waals surface area contributed by atoms with Gasteiger partial charge in [-0.25, -0.2) is 9.19 Å². The molecule has 8 nitrogen and oxygen atoms in total. The number of nitrogens with one attached hydrogen (secondary N) is 1. The second-order valence-corrected chi connectivity index (χ2v) is 16.2. The molecule has 0 saturated heterocycles. The van der Waals surface area contributed by atoms with Crippen LogP contribution in [0.15, 0.2) is 54.7 Å². The maximum Gasteiger partial charge on any atom is 0.263 e. The van der Waals surface area contributed by atoms with E-state index in [0.717, 1.165) is 80.9 Å². The van der Waals surface area contributed by atoms with Crippen molar-refractivity contribution in [2.24, 2.45) is 24.8 Å². The predicted octanol–water partition coefficient (Wildman–Crippen LogP) is 7.00. The molecule has 7 atom stereocenters. The average molecular weight is 714 g/mol. The molecule has 2 aliphatic carbocycles. The predicted molar refractivity (Wildman–Crippen MR) is 194 cm³/mol. The number of halogens is 2. The van der Waals surface area contributed by atoms with E-state index in [2.05, 4.69) is 45.8 Å². The fourth-order valence-electron chi connectivity index (χ4n) is 8.09. The van der Waals surface area contributed by atoms with Crippen molar-refractivity contribution in [2.75, 3.05) is 31.7 Å². The lowest BCUT2D eigenvalue weighted by Gasteiger charge is -2.46. The minimum absolute atomic E-state index is 0.110. The van der Waals surface area contributed by atoms with E-state index >= 15 is 0 Å². The summed E-state index contributed by atoms with van der Waals surface area (Å²) in [6, 6.07) is 12.0. The van der Waals surface area contributed by atoms with Crippen LogP contribution >= 0.6 is 23.2 Å². The summed E-state index contributed by atoms with van der Waals surface area (Å²) in [7, 11) is 1.45. The lowest BCUT2D eigenvalue weighted by Crippen LogP contribution is -2.49. The Morgan fingerprint density at radius 3 is 2.67 bits per heavy atom. The summed E-state index contributed by atoms with van der Waals surface area (Å²) in [5.41, 5.74) is 4.94. The third-order valence-electron chi connectivity index (χ3n) is 11.2. The molecule has 1 fully saturated rings. The minimum Gasteiger partial charge on any atom is -0.490 e. The first-order valence-corrected chi connectivity index (χ1v) is 18.9. The van der Waals surface area contributed by atoms with Gasteiger partial charge in [-0.1, -0.05) is 36.7 Å². The molecule has 48 heavy (non-hydrogen) atoms. The SMILES string of the molecule is CC1C/C=C/C(c2cnc(Cl)n2C)C2CCC2CN2C[C@@]3(CCCc4cc(Cl)ccc43)COc3ccc(cc32)C(=O)NS(=O)C1C.CO. The summed E-state index contributed by atoms with van der Waals surface area (Å²) in [5.74, 6) is 1.56. The Morgan fingerprint density at radius 1 is 1.12 bits per heavy atom. The molecule has 3 heterocycles. The van der Waals surface area contributed by atoms with Crippen LogP contribution in [0.1, 0.15) is 79.0 Å². The number of nitrogens with zero attached hydrogens (tertiary/aromatic N) is 3. The van der Waals surface area contributed by atoms with E-state index in [1.165, 1.54) is 11.1 Å². The van der Waals surface area contributed by atoms with E-state index in [0.29, 0.717) is 29.3 Å². The number of benzene rings is 2. The highest BCUT2D eigenvalue weighted by Crippen LogP contribution is 2.49. The average Bonchev–Trinajstić information content (AvgIpc) is 3.32. The van der Waals surface area contributed by atoms with E-state index in [1.54, 1.807) is 6.07 Å². The molecule has 6 unspecified atom stereocenters. The standard InChI is InChI=1S/C36H42Cl2N4O3S.CH4O/c1-22-6-4-8-29(32-18-39-35(38)41(32)3)28-12-9-26(28)19-42-20-36(15-5-7-24-16-27(37)11-13-30(24)36)21-45-33-14-10-25(17-31(33)42)34(43)40-46(44)23(22)2;1-2/h4,8,10-11,13-14,16-18,22-23,26,28-29H,5-7,9,12,15,19-21H2,1-3H3,(H,40,43);2H,1H3/b8-4+;/t22?,23?,26?,28?,29?,36-,46?;/m0./s1. The van der Waals surface area contributed by atoms with Crippen LogP contribution in [0.3, 0.4) is 0 Å². The first-order valence-electron chi connectivity index (χ1n) is 16.9. The number of imidazole rings is 1. The normalized spacial score (nSPS) is 30.7. The Balaban J connectivity index is 0.00000197. The molecule has 1 aromatic heterocycles. The number of allylic oxidation sites excluding steroid dienone is 2. The number of hydrogen-bond acceptors (Lipinski definition) is 6. The van der Waals surface area contributed by atoms with Crippen LogP contribution in [0.4, 0.5) is 5.69 Å². The van der Waals surface area contributed by atoms with Crippen molar-refractivity contribution in [1.82, 2.24) is 14.3 Å². The van der Waals surface area contributed by atoms with Crippen molar-refractivity contribution in [3.8, 4) is 5.75 Å². The minimum atomic E-state index is -1.54. The summed E-state index contributed by atoms with van der Waals surface area (Å²) >= 11 is 12.9. The molecule has 258 valence electrons. The molecule has 2 aromatic carbocycles. The molecule has 1 saturated carbocycles.